The highest BCUT2D eigenvalue weighted by atomic mass is 32.2. The second-order valence-corrected chi connectivity index (χ2v) is 6.06. The van der Waals surface area contributed by atoms with Crippen molar-refractivity contribution in [3.8, 4) is 0 Å². The average Bonchev–Trinajstić information content (AvgIpc) is 2.54. The Bertz CT molecular complexity index is 737. The molecule has 0 saturated carbocycles. The van der Waals surface area contributed by atoms with Crippen molar-refractivity contribution in [3.05, 3.63) is 59.9 Å². The van der Waals surface area contributed by atoms with Gasteiger partial charge >= 0.3 is 5.97 Å². The van der Waals surface area contributed by atoms with Crippen molar-refractivity contribution < 1.29 is 27.1 Å². The summed E-state index contributed by atoms with van der Waals surface area (Å²) >= 11 is 0. The van der Waals surface area contributed by atoms with E-state index in [0.717, 1.165) is 12.1 Å². The van der Waals surface area contributed by atoms with Crippen LogP contribution in [0.3, 0.4) is 0 Å². The van der Waals surface area contributed by atoms with Crippen molar-refractivity contribution in [1.82, 2.24) is 0 Å². The van der Waals surface area contributed by atoms with Crippen LogP contribution >= 0.6 is 0 Å². The Morgan fingerprint density at radius 2 is 1.65 bits per heavy atom. The first kappa shape index (κ1) is 18.8. The largest absolute Gasteiger partial charge is 0.744 e. The van der Waals surface area contributed by atoms with Gasteiger partial charge in [-0.25, -0.2) is 17.8 Å². The maximum absolute atomic E-state index is 11.0. The minimum absolute atomic E-state index is 0.178. The van der Waals surface area contributed by atoms with Gasteiger partial charge in [0.15, 0.2) is 12.4 Å². The van der Waals surface area contributed by atoms with Crippen LogP contribution in [0.5, 0.6) is 0 Å². The third kappa shape index (κ3) is 6.17. The molecule has 124 valence electrons. The number of rotatable bonds is 3. The van der Waals surface area contributed by atoms with Crippen molar-refractivity contribution in [1.29, 1.82) is 0 Å². The Balaban J connectivity index is 0.000000231. The summed E-state index contributed by atoms with van der Waals surface area (Å²) in [6.45, 7) is 4.76. The van der Waals surface area contributed by atoms with Crippen LogP contribution in [0.15, 0.2) is 53.7 Å². The smallest absolute Gasteiger partial charge is 0.338 e. The van der Waals surface area contributed by atoms with Crippen molar-refractivity contribution in [3.63, 3.8) is 0 Å². The van der Waals surface area contributed by atoms with E-state index in [0.29, 0.717) is 5.56 Å². The molecule has 7 heteroatoms. The van der Waals surface area contributed by atoms with Crippen LogP contribution in [0.4, 0.5) is 0 Å². The number of hydrogen-bond donors (Lipinski definition) is 0. The van der Waals surface area contributed by atoms with Gasteiger partial charge in [0.05, 0.1) is 17.6 Å². The lowest BCUT2D eigenvalue weighted by atomic mass is 10.2. The number of carbonyl (C=O) groups excluding carboxylic acids is 1. The van der Waals surface area contributed by atoms with E-state index in [1.807, 2.05) is 30.8 Å². The van der Waals surface area contributed by atoms with Gasteiger partial charge in [0.2, 0.25) is 0 Å². The van der Waals surface area contributed by atoms with Crippen molar-refractivity contribution >= 4 is 16.1 Å². The van der Waals surface area contributed by atoms with Gasteiger partial charge in [0.1, 0.15) is 16.7 Å². The van der Waals surface area contributed by atoms with E-state index in [1.165, 1.54) is 19.2 Å². The molecule has 0 aliphatic carbocycles. The molecule has 0 N–H and O–H groups in total. The summed E-state index contributed by atoms with van der Waals surface area (Å²) in [6.07, 6.45) is 3.71. The molecule has 0 aliphatic rings. The molecule has 0 aliphatic heterocycles. The first-order valence-electron chi connectivity index (χ1n) is 6.88. The molecule has 0 fully saturated rings. The predicted octanol–water partition coefficient (Wildman–Crippen LogP) is 1.68. The number of methoxy groups -OCH3 is 1. The number of nitrogens with zero attached hydrogens (tertiary/aromatic N) is 1. The highest BCUT2D eigenvalue weighted by Crippen LogP contribution is 2.08. The molecule has 1 heterocycles. The second-order valence-electron chi connectivity index (χ2n) is 4.68. The molecule has 23 heavy (non-hydrogen) atoms. The van der Waals surface area contributed by atoms with Crippen LogP contribution in [0.1, 0.15) is 22.8 Å². The van der Waals surface area contributed by atoms with Gasteiger partial charge in [-0.1, -0.05) is 17.7 Å². The van der Waals surface area contributed by atoms with Gasteiger partial charge in [-0.3, -0.25) is 0 Å². The topological polar surface area (TPSA) is 87.4 Å². The number of carbonyl (C=O) groups is 1. The molecule has 0 bridgehead atoms. The number of ether oxygens (including phenoxy) is 1. The SMILES string of the molecule is CC[n+]1ccc(C(=O)OC)cc1.Cc1ccc(S(=O)(=O)[O-])cc1. The summed E-state index contributed by atoms with van der Waals surface area (Å²) < 4.78 is 37.7. The van der Waals surface area contributed by atoms with Crippen molar-refractivity contribution in [2.45, 2.75) is 25.3 Å². The Morgan fingerprint density at radius 1 is 1.13 bits per heavy atom. The van der Waals surface area contributed by atoms with Gasteiger partial charge in [0, 0.05) is 12.1 Å². The Kier molecular flexibility index (Phi) is 6.87. The molecular formula is C16H19NO5S. The molecule has 6 nitrogen and oxygen atoms in total. The lowest BCUT2D eigenvalue weighted by Crippen LogP contribution is -2.31. The van der Waals surface area contributed by atoms with Crippen molar-refractivity contribution in [2.24, 2.45) is 0 Å². The van der Waals surface area contributed by atoms with E-state index in [4.69, 9.17) is 0 Å². The summed E-state index contributed by atoms with van der Waals surface area (Å²) in [7, 11) is -2.89. The van der Waals surface area contributed by atoms with Gasteiger partial charge < -0.3 is 9.29 Å². The van der Waals surface area contributed by atoms with Gasteiger partial charge in [-0.05, 0) is 26.0 Å². The normalized spacial score (nSPS) is 10.4. The molecule has 2 rings (SSSR count). The van der Waals surface area contributed by atoms with Crippen LogP contribution in [0, 0.1) is 6.92 Å². The van der Waals surface area contributed by atoms with E-state index in [1.54, 1.807) is 24.3 Å². The second kappa shape index (κ2) is 8.40. The fourth-order valence-electron chi connectivity index (χ4n) is 1.63. The molecule has 0 spiro atoms. The zero-order chi connectivity index (χ0) is 17.5. The summed E-state index contributed by atoms with van der Waals surface area (Å²) in [4.78, 5) is 10.8. The molecule has 2 aromatic rings. The van der Waals surface area contributed by atoms with Crippen LogP contribution in [0.25, 0.3) is 0 Å². The number of pyridine rings is 1. The maximum atomic E-state index is 11.0. The number of benzene rings is 1. The Labute approximate surface area is 136 Å². The van der Waals surface area contributed by atoms with E-state index < -0.39 is 10.1 Å². The standard InChI is InChI=1S/C9H12NO2.C7H8O3S/c1-3-10-6-4-8(5-7-10)9(11)12-2;1-6-2-4-7(5-3-6)11(8,9)10/h4-7H,3H2,1-2H3;2-5H,1H3,(H,8,9,10)/q+1;/p-1. The van der Waals surface area contributed by atoms with E-state index in [9.17, 15) is 17.8 Å². The van der Waals surface area contributed by atoms with Gasteiger partial charge in [-0.15, -0.1) is 0 Å². The van der Waals surface area contributed by atoms with Crippen LogP contribution in [0.2, 0.25) is 0 Å². The minimum atomic E-state index is -4.27. The molecule has 1 aromatic heterocycles. The Morgan fingerprint density at radius 3 is 2.04 bits per heavy atom. The fourth-order valence-corrected chi connectivity index (χ4v) is 2.10. The molecule has 0 atom stereocenters. The summed E-state index contributed by atoms with van der Waals surface area (Å²) in [5.74, 6) is -0.293. The lowest BCUT2D eigenvalue weighted by molar-refractivity contribution is -0.693. The molecular weight excluding hydrogens is 318 g/mol. The minimum Gasteiger partial charge on any atom is -0.744 e. The quantitative estimate of drug-likeness (QED) is 0.483. The molecule has 0 unspecified atom stereocenters. The van der Waals surface area contributed by atoms with Gasteiger partial charge in [0.25, 0.3) is 0 Å². The van der Waals surface area contributed by atoms with Crippen molar-refractivity contribution in [2.75, 3.05) is 7.11 Å². The summed E-state index contributed by atoms with van der Waals surface area (Å²) in [6, 6.07) is 9.27. The molecule has 1 aromatic carbocycles. The van der Waals surface area contributed by atoms with Gasteiger partial charge in [-0.2, -0.15) is 0 Å². The zero-order valence-corrected chi connectivity index (χ0v) is 14.0. The number of aromatic nitrogens is 1. The highest BCUT2D eigenvalue weighted by molar-refractivity contribution is 7.85. The summed E-state index contributed by atoms with van der Waals surface area (Å²) in [5, 5.41) is 0. The predicted molar refractivity (Wildman–Crippen MR) is 82.8 cm³/mol. The monoisotopic (exact) mass is 337 g/mol. The molecule has 0 saturated heterocycles. The number of aryl methyl sites for hydroxylation is 2. The summed E-state index contributed by atoms with van der Waals surface area (Å²) in [5.41, 5.74) is 1.51. The first-order chi connectivity index (χ1) is 10.8. The van der Waals surface area contributed by atoms with Crippen LogP contribution in [-0.4, -0.2) is 26.0 Å². The third-order valence-electron chi connectivity index (χ3n) is 2.99. The average molecular weight is 337 g/mol. The van der Waals surface area contributed by atoms with E-state index in [-0.39, 0.29) is 10.9 Å². The highest BCUT2D eigenvalue weighted by Gasteiger charge is 2.06. The molecule has 0 radical (unpaired) electrons. The fraction of sp³-hybridized carbons (Fsp3) is 0.250. The lowest BCUT2D eigenvalue weighted by Gasteiger charge is -2.05. The number of esters is 1. The first-order valence-corrected chi connectivity index (χ1v) is 8.28. The van der Waals surface area contributed by atoms with E-state index >= 15 is 0 Å². The van der Waals surface area contributed by atoms with Crippen LogP contribution in [-0.2, 0) is 21.4 Å². The molecule has 0 amide bonds. The number of hydrogen-bond acceptors (Lipinski definition) is 5. The zero-order valence-electron chi connectivity index (χ0n) is 13.2. The Hall–Kier alpha value is -2.25. The maximum Gasteiger partial charge on any atom is 0.338 e. The third-order valence-corrected chi connectivity index (χ3v) is 3.84. The van der Waals surface area contributed by atoms with Crippen LogP contribution < -0.4 is 4.57 Å². The van der Waals surface area contributed by atoms with E-state index in [2.05, 4.69) is 4.74 Å².